The molecule has 1 N–H and O–H groups in total. The molecule has 1 fully saturated rings. The molecule has 0 aliphatic carbocycles. The summed E-state index contributed by atoms with van der Waals surface area (Å²) in [6.45, 7) is 0.903. The Morgan fingerprint density at radius 3 is 2.77 bits per heavy atom. The quantitative estimate of drug-likeness (QED) is 0.934. The van der Waals surface area contributed by atoms with Gasteiger partial charge in [0.2, 0.25) is 5.91 Å². The summed E-state index contributed by atoms with van der Waals surface area (Å²) in [4.78, 5) is 41.6. The van der Waals surface area contributed by atoms with E-state index in [2.05, 4.69) is 4.98 Å². The zero-order chi connectivity index (χ0) is 15.5. The molecule has 1 saturated heterocycles. The van der Waals surface area contributed by atoms with Crippen LogP contribution < -0.4 is 5.56 Å². The number of amides is 3. The highest BCUT2D eigenvalue weighted by molar-refractivity contribution is 7.07. The van der Waals surface area contributed by atoms with Crippen molar-refractivity contribution in [2.75, 3.05) is 6.54 Å². The summed E-state index contributed by atoms with van der Waals surface area (Å²) in [6.07, 6.45) is 1.80. The number of carbonyl (C=O) groups excluding carboxylic acids is 2. The Bertz CT molecular complexity index is 738. The number of carbonyl (C=O) groups is 2. The van der Waals surface area contributed by atoms with E-state index in [0.29, 0.717) is 18.7 Å². The highest BCUT2D eigenvalue weighted by Gasteiger charge is 2.32. The molecule has 2 aromatic heterocycles. The van der Waals surface area contributed by atoms with Gasteiger partial charge < -0.3 is 9.88 Å². The zero-order valence-corrected chi connectivity index (χ0v) is 12.6. The van der Waals surface area contributed by atoms with E-state index in [0.717, 1.165) is 10.5 Å². The number of thiophene rings is 1. The molecule has 0 aromatic carbocycles. The van der Waals surface area contributed by atoms with Crippen molar-refractivity contribution in [2.45, 2.75) is 19.5 Å². The number of aromatic amines is 1. The van der Waals surface area contributed by atoms with E-state index in [1.165, 1.54) is 6.20 Å². The number of H-pyrrole nitrogens is 1. The molecule has 0 unspecified atom stereocenters. The minimum atomic E-state index is -0.342. The van der Waals surface area contributed by atoms with Crippen LogP contribution in [0.1, 0.15) is 17.5 Å². The maximum Gasteiger partial charge on any atom is 0.327 e. The second-order valence-corrected chi connectivity index (χ2v) is 5.87. The first-order valence-electron chi connectivity index (χ1n) is 6.92. The minimum absolute atomic E-state index is 0.00791. The SMILES string of the molecule is O=C1CCN(Cc2ccsc2)C(=O)N1Cc1ccc[nH]c1=O. The molecule has 3 rings (SSSR count). The summed E-state index contributed by atoms with van der Waals surface area (Å²) in [5.74, 6) is -0.241. The molecule has 3 heterocycles. The van der Waals surface area contributed by atoms with E-state index < -0.39 is 0 Å². The maximum atomic E-state index is 12.5. The normalized spacial score (nSPS) is 15.5. The predicted molar refractivity (Wildman–Crippen MR) is 82.4 cm³/mol. The Labute approximate surface area is 131 Å². The predicted octanol–water partition coefficient (Wildman–Crippen LogP) is 1.79. The van der Waals surface area contributed by atoms with Crippen molar-refractivity contribution in [3.8, 4) is 0 Å². The van der Waals surface area contributed by atoms with E-state index in [1.54, 1.807) is 28.4 Å². The molecule has 0 spiro atoms. The zero-order valence-electron chi connectivity index (χ0n) is 11.8. The summed E-state index contributed by atoms with van der Waals surface area (Å²) in [5.41, 5.74) is 1.17. The fraction of sp³-hybridized carbons (Fsp3) is 0.267. The second-order valence-electron chi connectivity index (χ2n) is 5.09. The molecule has 7 heteroatoms. The molecule has 1 aliphatic heterocycles. The van der Waals surface area contributed by atoms with Crippen molar-refractivity contribution in [3.05, 3.63) is 56.6 Å². The van der Waals surface area contributed by atoms with Gasteiger partial charge >= 0.3 is 6.03 Å². The Balaban J connectivity index is 1.77. The van der Waals surface area contributed by atoms with Crippen LogP contribution >= 0.6 is 11.3 Å². The molecule has 0 radical (unpaired) electrons. The number of nitrogens with zero attached hydrogens (tertiary/aromatic N) is 2. The third-order valence-electron chi connectivity index (χ3n) is 3.58. The first kappa shape index (κ1) is 14.5. The van der Waals surface area contributed by atoms with Crippen molar-refractivity contribution in [1.29, 1.82) is 0 Å². The van der Waals surface area contributed by atoms with Gasteiger partial charge in [0.25, 0.3) is 5.56 Å². The Morgan fingerprint density at radius 2 is 2.05 bits per heavy atom. The highest BCUT2D eigenvalue weighted by Crippen LogP contribution is 2.17. The van der Waals surface area contributed by atoms with Crippen molar-refractivity contribution >= 4 is 23.3 Å². The average molecular weight is 317 g/mol. The van der Waals surface area contributed by atoms with E-state index in [-0.39, 0.29) is 30.5 Å². The van der Waals surface area contributed by atoms with Crippen molar-refractivity contribution in [2.24, 2.45) is 0 Å². The number of nitrogens with one attached hydrogen (secondary N) is 1. The summed E-state index contributed by atoms with van der Waals surface area (Å²) >= 11 is 1.57. The lowest BCUT2D eigenvalue weighted by Gasteiger charge is -2.33. The lowest BCUT2D eigenvalue weighted by molar-refractivity contribution is -0.131. The minimum Gasteiger partial charge on any atom is -0.329 e. The third kappa shape index (κ3) is 2.94. The van der Waals surface area contributed by atoms with Crippen LogP contribution in [0, 0.1) is 0 Å². The van der Waals surface area contributed by atoms with Gasteiger partial charge in [-0.1, -0.05) is 6.07 Å². The van der Waals surface area contributed by atoms with Crippen molar-refractivity contribution < 1.29 is 9.59 Å². The first-order valence-corrected chi connectivity index (χ1v) is 7.86. The largest absolute Gasteiger partial charge is 0.329 e. The summed E-state index contributed by atoms with van der Waals surface area (Å²) in [6, 6.07) is 4.92. The van der Waals surface area contributed by atoms with E-state index >= 15 is 0 Å². The van der Waals surface area contributed by atoms with Crippen LogP contribution in [0.4, 0.5) is 4.79 Å². The number of urea groups is 1. The van der Waals surface area contributed by atoms with Gasteiger partial charge in [0.15, 0.2) is 0 Å². The van der Waals surface area contributed by atoms with Gasteiger partial charge in [-0.2, -0.15) is 11.3 Å². The van der Waals surface area contributed by atoms with Gasteiger partial charge in [0.05, 0.1) is 6.54 Å². The molecule has 0 atom stereocenters. The van der Waals surface area contributed by atoms with Gasteiger partial charge in [0, 0.05) is 31.3 Å². The van der Waals surface area contributed by atoms with Gasteiger partial charge in [-0.25, -0.2) is 4.79 Å². The first-order chi connectivity index (χ1) is 10.6. The van der Waals surface area contributed by atoms with Gasteiger partial charge in [-0.3, -0.25) is 14.5 Å². The number of pyridine rings is 1. The number of rotatable bonds is 4. The lowest BCUT2D eigenvalue weighted by Crippen LogP contribution is -2.51. The third-order valence-corrected chi connectivity index (χ3v) is 4.31. The average Bonchev–Trinajstić information content (AvgIpc) is 3.01. The second kappa shape index (κ2) is 6.15. The van der Waals surface area contributed by atoms with E-state index in [9.17, 15) is 14.4 Å². The molecule has 0 saturated carbocycles. The molecule has 2 aromatic rings. The molecule has 3 amide bonds. The molecule has 114 valence electrons. The van der Waals surface area contributed by atoms with Gasteiger partial charge in [-0.05, 0) is 28.5 Å². The monoisotopic (exact) mass is 317 g/mol. The summed E-state index contributed by atoms with van der Waals surface area (Å²) in [5, 5.41) is 3.94. The van der Waals surface area contributed by atoms with Crippen LogP contribution in [0.15, 0.2) is 40.0 Å². The van der Waals surface area contributed by atoms with Crippen LogP contribution in [0.25, 0.3) is 0 Å². The van der Waals surface area contributed by atoms with Gasteiger partial charge in [0.1, 0.15) is 0 Å². The topological polar surface area (TPSA) is 73.5 Å². The van der Waals surface area contributed by atoms with Gasteiger partial charge in [-0.15, -0.1) is 0 Å². The van der Waals surface area contributed by atoms with Crippen LogP contribution in [0.3, 0.4) is 0 Å². The Hall–Kier alpha value is -2.41. The standard InChI is InChI=1S/C15H15N3O3S/c19-13-3-6-17(8-11-4-7-22-10-11)15(21)18(13)9-12-2-1-5-16-14(12)20/h1-2,4-5,7,10H,3,6,8-9H2,(H,16,20). The highest BCUT2D eigenvalue weighted by atomic mass is 32.1. The van der Waals surface area contributed by atoms with Crippen molar-refractivity contribution in [3.63, 3.8) is 0 Å². The molecule has 1 aliphatic rings. The van der Waals surface area contributed by atoms with Crippen LogP contribution in [0.5, 0.6) is 0 Å². The van der Waals surface area contributed by atoms with Crippen LogP contribution in [0.2, 0.25) is 0 Å². The fourth-order valence-electron chi connectivity index (χ4n) is 2.40. The molecule has 6 nitrogen and oxygen atoms in total. The number of hydrogen-bond acceptors (Lipinski definition) is 4. The molecular formula is C15H15N3O3S. The van der Waals surface area contributed by atoms with E-state index in [4.69, 9.17) is 0 Å². The fourth-order valence-corrected chi connectivity index (χ4v) is 3.06. The lowest BCUT2D eigenvalue weighted by atomic mass is 10.2. The number of hydrogen-bond donors (Lipinski definition) is 1. The van der Waals surface area contributed by atoms with Crippen LogP contribution in [-0.2, 0) is 17.9 Å². The Morgan fingerprint density at radius 1 is 1.18 bits per heavy atom. The van der Waals surface area contributed by atoms with E-state index in [1.807, 2.05) is 16.8 Å². The maximum absolute atomic E-state index is 12.5. The summed E-state index contributed by atoms with van der Waals surface area (Å²) < 4.78 is 0. The molecular weight excluding hydrogens is 302 g/mol. The number of aromatic nitrogens is 1. The number of imide groups is 1. The molecule has 0 bridgehead atoms. The Kier molecular flexibility index (Phi) is 4.06. The molecule has 22 heavy (non-hydrogen) atoms. The summed E-state index contributed by atoms with van der Waals surface area (Å²) in [7, 11) is 0. The smallest absolute Gasteiger partial charge is 0.327 e. The van der Waals surface area contributed by atoms with Crippen LogP contribution in [-0.4, -0.2) is 33.3 Å². The van der Waals surface area contributed by atoms with Crippen molar-refractivity contribution in [1.82, 2.24) is 14.8 Å².